The molecule has 1 aliphatic heterocycles. The van der Waals surface area contributed by atoms with Crippen LogP contribution >= 0.6 is 0 Å². The Bertz CT molecular complexity index is 617. The van der Waals surface area contributed by atoms with Crippen molar-refractivity contribution in [3.63, 3.8) is 0 Å². The molecule has 1 heterocycles. The highest BCUT2D eigenvalue weighted by Gasteiger charge is 2.51. The van der Waals surface area contributed by atoms with Gasteiger partial charge in [0.25, 0.3) is 5.91 Å². The molecule has 2 rings (SSSR count). The normalized spacial score (nSPS) is 21.5. The summed E-state index contributed by atoms with van der Waals surface area (Å²) < 4.78 is 0. The zero-order valence-corrected chi connectivity index (χ0v) is 14.5. The van der Waals surface area contributed by atoms with Gasteiger partial charge in [0.15, 0.2) is 0 Å². The van der Waals surface area contributed by atoms with E-state index in [1.54, 1.807) is 0 Å². The molecule has 0 spiro atoms. The zero-order valence-electron chi connectivity index (χ0n) is 14.5. The molecule has 0 aliphatic carbocycles. The van der Waals surface area contributed by atoms with Gasteiger partial charge in [-0.3, -0.25) is 14.5 Å². The Kier molecular flexibility index (Phi) is 5.59. The van der Waals surface area contributed by atoms with Crippen LogP contribution in [0.25, 0.3) is 0 Å². The molecule has 1 aromatic rings. The van der Waals surface area contributed by atoms with E-state index in [2.05, 4.69) is 10.6 Å². The Hall–Kier alpha value is -2.37. The number of amides is 4. The van der Waals surface area contributed by atoms with Crippen molar-refractivity contribution in [2.24, 2.45) is 0 Å². The van der Waals surface area contributed by atoms with Crippen molar-refractivity contribution in [3.05, 3.63) is 35.9 Å². The smallest absolute Gasteiger partial charge is 0.325 e. The highest BCUT2D eigenvalue weighted by molar-refractivity contribution is 6.09. The quantitative estimate of drug-likeness (QED) is 0.752. The van der Waals surface area contributed by atoms with Crippen LogP contribution in [-0.2, 0) is 15.1 Å². The largest absolute Gasteiger partial charge is 0.352 e. The predicted octanol–water partition coefficient (Wildman–Crippen LogP) is 2.15. The number of hydrogen-bond acceptors (Lipinski definition) is 3. The van der Waals surface area contributed by atoms with Gasteiger partial charge in [0.2, 0.25) is 5.91 Å². The lowest BCUT2D eigenvalue weighted by Crippen LogP contribution is -2.45. The molecule has 0 bridgehead atoms. The summed E-state index contributed by atoms with van der Waals surface area (Å²) in [5.41, 5.74) is -0.360. The summed E-state index contributed by atoms with van der Waals surface area (Å²) in [5.74, 6) is -0.695. The van der Waals surface area contributed by atoms with Crippen molar-refractivity contribution in [1.82, 2.24) is 15.5 Å². The van der Waals surface area contributed by atoms with Gasteiger partial charge in [0.1, 0.15) is 12.1 Å². The summed E-state index contributed by atoms with van der Waals surface area (Å²) in [7, 11) is 0. The average molecular weight is 331 g/mol. The van der Waals surface area contributed by atoms with Gasteiger partial charge in [-0.15, -0.1) is 0 Å². The molecule has 1 fully saturated rings. The van der Waals surface area contributed by atoms with E-state index in [1.165, 1.54) is 0 Å². The molecule has 2 N–H and O–H groups in total. The third-order valence-electron chi connectivity index (χ3n) is 4.40. The molecule has 2 unspecified atom stereocenters. The number of carbonyl (C=O) groups excluding carboxylic acids is 3. The average Bonchev–Trinajstić information content (AvgIpc) is 2.81. The standard InChI is InChI=1S/C18H25N3O3/c1-4-9-13(3)19-15(22)12-21-16(23)18(5-2,20-17(21)24)14-10-7-6-8-11-14/h6-8,10-11,13H,4-5,9,12H2,1-3H3,(H,19,22)(H,20,24). The van der Waals surface area contributed by atoms with Crippen molar-refractivity contribution in [2.45, 2.75) is 51.6 Å². The fourth-order valence-electron chi connectivity index (χ4n) is 3.10. The van der Waals surface area contributed by atoms with Crippen LogP contribution in [-0.4, -0.2) is 35.3 Å². The van der Waals surface area contributed by atoms with Crippen LogP contribution in [0.5, 0.6) is 0 Å². The first-order valence-corrected chi connectivity index (χ1v) is 8.43. The van der Waals surface area contributed by atoms with Gasteiger partial charge in [-0.25, -0.2) is 4.79 Å². The maximum atomic E-state index is 12.9. The molecule has 130 valence electrons. The Labute approximate surface area is 142 Å². The van der Waals surface area contributed by atoms with E-state index in [9.17, 15) is 14.4 Å². The number of nitrogens with zero attached hydrogens (tertiary/aromatic N) is 1. The lowest BCUT2D eigenvalue weighted by Gasteiger charge is -2.25. The first kappa shape index (κ1) is 18.0. The first-order chi connectivity index (χ1) is 11.4. The number of hydrogen-bond donors (Lipinski definition) is 2. The number of carbonyl (C=O) groups is 3. The van der Waals surface area contributed by atoms with E-state index < -0.39 is 11.6 Å². The van der Waals surface area contributed by atoms with Crippen LogP contribution in [0.15, 0.2) is 30.3 Å². The summed E-state index contributed by atoms with van der Waals surface area (Å²) in [6.07, 6.45) is 2.23. The molecular weight excluding hydrogens is 306 g/mol. The molecule has 0 saturated carbocycles. The van der Waals surface area contributed by atoms with Gasteiger partial charge in [-0.05, 0) is 25.3 Å². The van der Waals surface area contributed by atoms with Crippen molar-refractivity contribution in [3.8, 4) is 0 Å². The van der Waals surface area contributed by atoms with Crippen molar-refractivity contribution in [2.75, 3.05) is 6.54 Å². The SMILES string of the molecule is CCCC(C)NC(=O)CN1C(=O)NC(CC)(c2ccccc2)C1=O. The molecular formula is C18H25N3O3. The first-order valence-electron chi connectivity index (χ1n) is 8.43. The molecule has 0 aromatic heterocycles. The fourth-order valence-corrected chi connectivity index (χ4v) is 3.10. The lowest BCUT2D eigenvalue weighted by molar-refractivity contribution is -0.135. The molecule has 6 heteroatoms. The molecule has 6 nitrogen and oxygen atoms in total. The van der Waals surface area contributed by atoms with E-state index in [-0.39, 0.29) is 24.4 Å². The molecule has 2 atom stereocenters. The Morgan fingerprint density at radius 2 is 1.92 bits per heavy atom. The van der Waals surface area contributed by atoms with Gasteiger partial charge in [-0.1, -0.05) is 50.6 Å². The second kappa shape index (κ2) is 7.47. The second-order valence-corrected chi connectivity index (χ2v) is 6.20. The fraction of sp³-hybridized carbons (Fsp3) is 0.500. The third-order valence-corrected chi connectivity index (χ3v) is 4.40. The lowest BCUT2D eigenvalue weighted by atomic mass is 9.87. The molecule has 0 radical (unpaired) electrons. The summed E-state index contributed by atoms with van der Waals surface area (Å²) in [6.45, 7) is 5.54. The molecule has 1 aromatic carbocycles. The molecule has 1 aliphatic rings. The third kappa shape index (κ3) is 3.42. The van der Waals surface area contributed by atoms with Crippen LogP contribution in [0.3, 0.4) is 0 Å². The maximum Gasteiger partial charge on any atom is 0.325 e. The number of nitrogens with one attached hydrogen (secondary N) is 2. The zero-order chi connectivity index (χ0) is 17.7. The Balaban J connectivity index is 2.15. The number of benzene rings is 1. The van der Waals surface area contributed by atoms with E-state index in [4.69, 9.17) is 0 Å². The number of imide groups is 1. The van der Waals surface area contributed by atoms with Crippen molar-refractivity contribution < 1.29 is 14.4 Å². The van der Waals surface area contributed by atoms with Gasteiger partial charge in [0, 0.05) is 6.04 Å². The van der Waals surface area contributed by atoms with Crippen LogP contribution in [0.4, 0.5) is 4.79 Å². The van der Waals surface area contributed by atoms with Crippen molar-refractivity contribution in [1.29, 1.82) is 0 Å². The number of urea groups is 1. The summed E-state index contributed by atoms with van der Waals surface area (Å²) in [6, 6.07) is 8.64. The second-order valence-electron chi connectivity index (χ2n) is 6.20. The van der Waals surface area contributed by atoms with Crippen LogP contribution in [0, 0.1) is 0 Å². The minimum Gasteiger partial charge on any atom is -0.352 e. The Morgan fingerprint density at radius 3 is 2.50 bits per heavy atom. The van der Waals surface area contributed by atoms with Crippen LogP contribution < -0.4 is 10.6 Å². The van der Waals surface area contributed by atoms with E-state index >= 15 is 0 Å². The topological polar surface area (TPSA) is 78.5 Å². The summed E-state index contributed by atoms with van der Waals surface area (Å²) in [4.78, 5) is 38.3. The van der Waals surface area contributed by atoms with E-state index in [1.807, 2.05) is 51.1 Å². The molecule has 1 saturated heterocycles. The molecule has 24 heavy (non-hydrogen) atoms. The minimum atomic E-state index is -1.09. The highest BCUT2D eigenvalue weighted by Crippen LogP contribution is 2.32. The van der Waals surface area contributed by atoms with Gasteiger partial charge >= 0.3 is 6.03 Å². The minimum absolute atomic E-state index is 0.0216. The van der Waals surface area contributed by atoms with E-state index in [0.29, 0.717) is 6.42 Å². The van der Waals surface area contributed by atoms with Gasteiger partial charge in [-0.2, -0.15) is 0 Å². The monoisotopic (exact) mass is 331 g/mol. The number of rotatable bonds is 7. The van der Waals surface area contributed by atoms with Crippen molar-refractivity contribution >= 4 is 17.8 Å². The van der Waals surface area contributed by atoms with Crippen LogP contribution in [0.2, 0.25) is 0 Å². The molecule has 4 amide bonds. The maximum absolute atomic E-state index is 12.9. The van der Waals surface area contributed by atoms with Gasteiger partial charge < -0.3 is 10.6 Å². The predicted molar refractivity (Wildman–Crippen MR) is 91.2 cm³/mol. The highest BCUT2D eigenvalue weighted by atomic mass is 16.2. The van der Waals surface area contributed by atoms with Crippen LogP contribution in [0.1, 0.15) is 45.6 Å². The summed E-state index contributed by atoms with van der Waals surface area (Å²) >= 11 is 0. The summed E-state index contributed by atoms with van der Waals surface area (Å²) in [5, 5.41) is 5.60. The van der Waals surface area contributed by atoms with Gasteiger partial charge in [0.05, 0.1) is 0 Å². The Morgan fingerprint density at radius 1 is 1.25 bits per heavy atom. The van der Waals surface area contributed by atoms with E-state index in [0.717, 1.165) is 23.3 Å².